The zero-order valence-corrected chi connectivity index (χ0v) is 16.7. The van der Waals surface area contributed by atoms with Crippen LogP contribution in [-0.4, -0.2) is 4.57 Å². The normalized spacial score (nSPS) is 12.0. The van der Waals surface area contributed by atoms with E-state index in [4.69, 9.17) is 0 Å². The van der Waals surface area contributed by atoms with Crippen molar-refractivity contribution in [1.29, 1.82) is 0 Å². The van der Waals surface area contributed by atoms with Crippen molar-refractivity contribution in [3.63, 3.8) is 0 Å². The summed E-state index contributed by atoms with van der Waals surface area (Å²) in [7, 11) is 0. The first kappa shape index (κ1) is 17.0. The van der Waals surface area contributed by atoms with E-state index in [0.29, 0.717) is 5.92 Å². The lowest BCUT2D eigenvalue weighted by Crippen LogP contribution is -2.25. The van der Waals surface area contributed by atoms with Crippen LogP contribution >= 0.6 is 0 Å². The molecule has 1 aliphatic carbocycles. The Balaban J connectivity index is 1.94. The molecule has 0 bridgehead atoms. The minimum Gasteiger partial charge on any atom is -0.280 e. The summed E-state index contributed by atoms with van der Waals surface area (Å²) in [5.74, 6) is 0.344. The fourth-order valence-corrected chi connectivity index (χ4v) is 4.80. The number of pyridine rings is 1. The molecule has 3 aromatic carbocycles. The van der Waals surface area contributed by atoms with Crippen LogP contribution in [0.4, 0.5) is 0 Å². The molecular formula is C26H23NO. The summed E-state index contributed by atoms with van der Waals surface area (Å²) >= 11 is 0. The molecule has 4 aromatic rings. The molecule has 0 saturated heterocycles. The number of rotatable bonds is 2. The molecule has 2 nitrogen and oxygen atoms in total. The fraction of sp³-hybridized carbons (Fsp3) is 0.192. The molecule has 0 fully saturated rings. The van der Waals surface area contributed by atoms with Crippen molar-refractivity contribution in [3.05, 3.63) is 87.8 Å². The summed E-state index contributed by atoms with van der Waals surface area (Å²) in [4.78, 5) is 13.6. The minimum absolute atomic E-state index is 0.0779. The molecule has 1 heterocycles. The van der Waals surface area contributed by atoms with Gasteiger partial charge in [0.1, 0.15) is 0 Å². The Bertz CT molecular complexity index is 1320. The number of hydrogen-bond acceptors (Lipinski definition) is 1. The molecule has 0 spiro atoms. The predicted octanol–water partition coefficient (Wildman–Crippen LogP) is 6.38. The van der Waals surface area contributed by atoms with Gasteiger partial charge in [-0.25, -0.2) is 0 Å². The molecule has 0 amide bonds. The van der Waals surface area contributed by atoms with Gasteiger partial charge < -0.3 is 0 Å². The number of benzene rings is 3. The van der Waals surface area contributed by atoms with Crippen molar-refractivity contribution < 1.29 is 0 Å². The third kappa shape index (κ3) is 2.12. The third-order valence-corrected chi connectivity index (χ3v) is 6.09. The molecule has 2 heteroatoms. The highest BCUT2D eigenvalue weighted by Crippen LogP contribution is 2.49. The predicted molar refractivity (Wildman–Crippen MR) is 118 cm³/mol. The Morgan fingerprint density at radius 1 is 0.786 bits per heavy atom. The van der Waals surface area contributed by atoms with Crippen LogP contribution in [0.1, 0.15) is 36.6 Å². The maximum absolute atomic E-state index is 13.6. The second-order valence-corrected chi connectivity index (χ2v) is 8.02. The Morgan fingerprint density at radius 2 is 1.43 bits per heavy atom. The van der Waals surface area contributed by atoms with Crippen molar-refractivity contribution in [2.24, 2.45) is 0 Å². The number of aromatic nitrogens is 1. The van der Waals surface area contributed by atoms with Crippen LogP contribution in [0.15, 0.2) is 65.5 Å². The number of para-hydroxylation sites is 1. The molecule has 5 rings (SSSR count). The lowest BCUT2D eigenvalue weighted by Gasteiger charge is -2.21. The van der Waals surface area contributed by atoms with Crippen LogP contribution in [0.2, 0.25) is 0 Å². The van der Waals surface area contributed by atoms with Gasteiger partial charge in [0.2, 0.25) is 0 Å². The minimum atomic E-state index is 0.0779. The highest BCUT2D eigenvalue weighted by molar-refractivity contribution is 6.16. The lowest BCUT2D eigenvalue weighted by atomic mass is 9.96. The zero-order chi connectivity index (χ0) is 19.6. The van der Waals surface area contributed by atoms with Gasteiger partial charge in [0, 0.05) is 22.4 Å². The van der Waals surface area contributed by atoms with Gasteiger partial charge in [0.25, 0.3) is 5.56 Å². The van der Waals surface area contributed by atoms with Crippen molar-refractivity contribution in [1.82, 2.24) is 4.57 Å². The van der Waals surface area contributed by atoms with Crippen LogP contribution in [-0.2, 0) is 0 Å². The topological polar surface area (TPSA) is 22.0 Å². The van der Waals surface area contributed by atoms with Gasteiger partial charge in [-0.3, -0.25) is 9.36 Å². The standard InChI is InChI=1S/C26H23NO/c1-15(2)19-11-5-6-14-22(19)27-17(4)24-21-13-8-10-18-9-7-12-20(25(18)21)23(24)16(3)26(27)28/h5-15H,1-4H3. The summed E-state index contributed by atoms with van der Waals surface area (Å²) < 4.78 is 1.92. The van der Waals surface area contributed by atoms with Crippen LogP contribution in [0.5, 0.6) is 0 Å². The fourth-order valence-electron chi connectivity index (χ4n) is 4.80. The molecule has 28 heavy (non-hydrogen) atoms. The zero-order valence-electron chi connectivity index (χ0n) is 16.7. The molecule has 0 aliphatic heterocycles. The Morgan fingerprint density at radius 3 is 2.11 bits per heavy atom. The molecule has 0 saturated carbocycles. The second-order valence-electron chi connectivity index (χ2n) is 8.02. The van der Waals surface area contributed by atoms with Gasteiger partial charge in [-0.2, -0.15) is 0 Å². The average Bonchev–Trinajstić information content (AvgIpc) is 3.04. The Labute approximate surface area is 165 Å². The van der Waals surface area contributed by atoms with E-state index in [2.05, 4.69) is 75.4 Å². The van der Waals surface area contributed by atoms with E-state index in [1.807, 2.05) is 17.6 Å². The van der Waals surface area contributed by atoms with Crippen molar-refractivity contribution in [2.45, 2.75) is 33.6 Å². The first-order chi connectivity index (χ1) is 13.5. The van der Waals surface area contributed by atoms with Crippen LogP contribution < -0.4 is 5.56 Å². The summed E-state index contributed by atoms with van der Waals surface area (Å²) in [6.45, 7) is 8.41. The van der Waals surface area contributed by atoms with E-state index in [1.54, 1.807) is 0 Å². The first-order valence-corrected chi connectivity index (χ1v) is 9.88. The molecular weight excluding hydrogens is 342 g/mol. The van der Waals surface area contributed by atoms with Gasteiger partial charge in [-0.1, -0.05) is 68.4 Å². The van der Waals surface area contributed by atoms with Crippen LogP contribution in [0.3, 0.4) is 0 Å². The van der Waals surface area contributed by atoms with Gasteiger partial charge >= 0.3 is 0 Å². The quantitative estimate of drug-likeness (QED) is 0.356. The molecule has 0 N–H and O–H groups in total. The molecule has 0 unspecified atom stereocenters. The summed E-state index contributed by atoms with van der Waals surface area (Å²) in [5, 5.41) is 2.49. The van der Waals surface area contributed by atoms with Crippen molar-refractivity contribution in [3.8, 4) is 27.9 Å². The molecule has 0 atom stereocenters. The number of hydrogen-bond donors (Lipinski definition) is 0. The summed E-state index contributed by atoms with van der Waals surface area (Å²) in [6, 6.07) is 21.1. The van der Waals surface area contributed by atoms with Gasteiger partial charge in [-0.05, 0) is 53.3 Å². The van der Waals surface area contributed by atoms with Gasteiger partial charge in [-0.15, -0.1) is 0 Å². The number of nitrogens with zero attached hydrogens (tertiary/aromatic N) is 1. The van der Waals surface area contributed by atoms with E-state index >= 15 is 0 Å². The third-order valence-electron chi connectivity index (χ3n) is 6.09. The molecule has 0 radical (unpaired) electrons. The molecule has 138 valence electrons. The van der Waals surface area contributed by atoms with E-state index in [9.17, 15) is 4.79 Å². The van der Waals surface area contributed by atoms with E-state index in [1.165, 1.54) is 33.0 Å². The molecule has 1 aliphatic rings. The second kappa shape index (κ2) is 5.93. The Hall–Kier alpha value is -3.13. The number of fused-ring (bicyclic) bond motifs is 3. The largest absolute Gasteiger partial charge is 0.280 e. The summed E-state index contributed by atoms with van der Waals surface area (Å²) in [6.07, 6.45) is 0. The lowest BCUT2D eigenvalue weighted by molar-refractivity contribution is 0.827. The van der Waals surface area contributed by atoms with Crippen LogP contribution in [0.25, 0.3) is 38.7 Å². The van der Waals surface area contributed by atoms with E-state index in [0.717, 1.165) is 22.5 Å². The van der Waals surface area contributed by atoms with Crippen LogP contribution in [0, 0.1) is 13.8 Å². The highest BCUT2D eigenvalue weighted by Gasteiger charge is 2.28. The van der Waals surface area contributed by atoms with Gasteiger partial charge in [0.05, 0.1) is 5.69 Å². The SMILES string of the molecule is Cc1c2c(c(C)n(-c3ccccc3C(C)C)c1=O)-c1cccc3cccc-2c13. The smallest absolute Gasteiger partial charge is 0.258 e. The monoisotopic (exact) mass is 365 g/mol. The van der Waals surface area contributed by atoms with E-state index in [-0.39, 0.29) is 5.56 Å². The van der Waals surface area contributed by atoms with Crippen molar-refractivity contribution in [2.75, 3.05) is 0 Å². The van der Waals surface area contributed by atoms with E-state index < -0.39 is 0 Å². The van der Waals surface area contributed by atoms with Gasteiger partial charge in [0.15, 0.2) is 0 Å². The Kier molecular flexibility index (Phi) is 3.60. The summed E-state index contributed by atoms with van der Waals surface area (Å²) in [5.41, 5.74) is 8.83. The molecule has 1 aromatic heterocycles. The highest BCUT2D eigenvalue weighted by atomic mass is 16.1. The first-order valence-electron chi connectivity index (χ1n) is 9.88. The average molecular weight is 365 g/mol. The van der Waals surface area contributed by atoms with Crippen molar-refractivity contribution >= 4 is 10.8 Å². The maximum Gasteiger partial charge on any atom is 0.258 e. The maximum atomic E-state index is 13.6.